The molecule has 3 heterocycles. The lowest BCUT2D eigenvalue weighted by atomic mass is 9.88. The van der Waals surface area contributed by atoms with E-state index in [0.29, 0.717) is 18.9 Å². The average Bonchev–Trinajstić information content (AvgIpc) is 3.13. The number of halogens is 1. The first-order valence-corrected chi connectivity index (χ1v) is 10.6. The number of hydrogen-bond donors (Lipinski definition) is 2. The molecule has 3 fully saturated rings. The van der Waals surface area contributed by atoms with Crippen LogP contribution in [0.25, 0.3) is 0 Å². The number of nitrogens with zero attached hydrogens (tertiary/aromatic N) is 2. The third-order valence-electron chi connectivity index (χ3n) is 6.23. The molecular weight excluding hydrogens is 410 g/mol. The molecule has 3 saturated heterocycles. The van der Waals surface area contributed by atoms with E-state index in [4.69, 9.17) is 0 Å². The maximum Gasteiger partial charge on any atom is 0.318 e. The molecule has 0 saturated carbocycles. The average molecular weight is 436 g/mol. The van der Waals surface area contributed by atoms with Gasteiger partial charge in [-0.3, -0.25) is 4.79 Å². The Balaban J connectivity index is 1.39. The Bertz CT molecular complexity index is 714. The number of carbonyl (C=O) groups is 2. The Morgan fingerprint density at radius 3 is 2.63 bits per heavy atom. The second-order valence-corrected chi connectivity index (χ2v) is 8.82. The molecule has 7 heteroatoms. The number of fused-ring (bicyclic) bond motifs is 2. The van der Waals surface area contributed by atoms with Crippen molar-refractivity contribution in [3.05, 3.63) is 28.7 Å². The minimum Gasteiger partial charge on any atom is -0.396 e. The number of piperidine rings is 1. The molecule has 0 aliphatic carbocycles. The number of rotatable bonds is 4. The van der Waals surface area contributed by atoms with Crippen molar-refractivity contribution in [1.29, 1.82) is 0 Å². The first-order valence-electron chi connectivity index (χ1n) is 9.83. The second-order valence-electron chi connectivity index (χ2n) is 7.90. The zero-order valence-electron chi connectivity index (χ0n) is 15.3. The minimum absolute atomic E-state index is 0.0380. The van der Waals surface area contributed by atoms with E-state index < -0.39 is 6.04 Å². The summed E-state index contributed by atoms with van der Waals surface area (Å²) in [5.41, 5.74) is 0.857. The molecule has 0 aromatic heterocycles. The third-order valence-corrected chi connectivity index (χ3v) is 6.72. The van der Waals surface area contributed by atoms with Crippen LogP contribution < -0.4 is 10.2 Å². The van der Waals surface area contributed by atoms with Crippen molar-refractivity contribution in [1.82, 2.24) is 10.2 Å². The van der Waals surface area contributed by atoms with Gasteiger partial charge in [0, 0.05) is 35.4 Å². The van der Waals surface area contributed by atoms with Gasteiger partial charge < -0.3 is 20.2 Å². The fourth-order valence-corrected chi connectivity index (χ4v) is 5.36. The van der Waals surface area contributed by atoms with E-state index in [-0.39, 0.29) is 30.6 Å². The molecule has 3 atom stereocenters. The number of aliphatic hydroxyl groups excluding tert-OH is 1. The number of anilines is 1. The van der Waals surface area contributed by atoms with Crippen molar-refractivity contribution in [2.45, 2.75) is 56.7 Å². The maximum atomic E-state index is 12.9. The lowest BCUT2D eigenvalue weighted by Crippen LogP contribution is -2.54. The molecule has 4 rings (SSSR count). The summed E-state index contributed by atoms with van der Waals surface area (Å²) in [5.74, 6) is 0.473. The van der Waals surface area contributed by atoms with Gasteiger partial charge in [0.05, 0.1) is 0 Å². The summed E-state index contributed by atoms with van der Waals surface area (Å²) in [5, 5.41) is 12.2. The summed E-state index contributed by atoms with van der Waals surface area (Å²) < 4.78 is 0.933. The van der Waals surface area contributed by atoms with Crippen LogP contribution in [0.1, 0.15) is 38.5 Å². The van der Waals surface area contributed by atoms with E-state index in [2.05, 4.69) is 21.2 Å². The SMILES string of the molecule is O=C1C(NC(=O)N2C3CCC2CC(CCO)C3)CCN1c1cccc(Br)c1. The van der Waals surface area contributed by atoms with Gasteiger partial charge in [0.25, 0.3) is 0 Å². The molecule has 1 aromatic carbocycles. The Hall–Kier alpha value is -1.60. The molecule has 27 heavy (non-hydrogen) atoms. The molecule has 3 aliphatic rings. The number of amides is 3. The predicted molar refractivity (Wildman–Crippen MR) is 107 cm³/mol. The summed E-state index contributed by atoms with van der Waals surface area (Å²) in [6, 6.07) is 7.63. The third kappa shape index (κ3) is 3.72. The Morgan fingerprint density at radius 1 is 1.22 bits per heavy atom. The van der Waals surface area contributed by atoms with Gasteiger partial charge in [-0.25, -0.2) is 4.79 Å². The molecule has 3 unspecified atom stereocenters. The van der Waals surface area contributed by atoms with Gasteiger partial charge in [0.1, 0.15) is 6.04 Å². The highest BCUT2D eigenvalue weighted by molar-refractivity contribution is 9.10. The summed E-state index contributed by atoms with van der Waals surface area (Å²) in [4.78, 5) is 29.4. The first-order chi connectivity index (χ1) is 13.1. The van der Waals surface area contributed by atoms with E-state index in [9.17, 15) is 14.7 Å². The topological polar surface area (TPSA) is 72.9 Å². The van der Waals surface area contributed by atoms with Crippen LogP contribution >= 0.6 is 15.9 Å². The van der Waals surface area contributed by atoms with E-state index >= 15 is 0 Å². The molecule has 6 nitrogen and oxygen atoms in total. The van der Waals surface area contributed by atoms with E-state index in [1.807, 2.05) is 29.2 Å². The van der Waals surface area contributed by atoms with Gasteiger partial charge in [0.15, 0.2) is 0 Å². The van der Waals surface area contributed by atoms with E-state index in [1.54, 1.807) is 4.90 Å². The molecule has 3 aliphatic heterocycles. The molecule has 146 valence electrons. The summed E-state index contributed by atoms with van der Waals surface area (Å²) in [7, 11) is 0. The van der Waals surface area contributed by atoms with Gasteiger partial charge in [-0.05, 0) is 62.6 Å². The van der Waals surface area contributed by atoms with E-state index in [0.717, 1.165) is 42.3 Å². The number of carbonyl (C=O) groups excluding carboxylic acids is 2. The number of benzene rings is 1. The van der Waals surface area contributed by atoms with Gasteiger partial charge >= 0.3 is 6.03 Å². The van der Waals surface area contributed by atoms with Gasteiger partial charge in [-0.15, -0.1) is 0 Å². The van der Waals surface area contributed by atoms with Crippen LogP contribution in [0, 0.1) is 5.92 Å². The highest BCUT2D eigenvalue weighted by Crippen LogP contribution is 2.40. The smallest absolute Gasteiger partial charge is 0.318 e. The second kappa shape index (κ2) is 7.80. The first kappa shape index (κ1) is 18.7. The van der Waals surface area contributed by atoms with Crippen molar-refractivity contribution in [3.63, 3.8) is 0 Å². The Morgan fingerprint density at radius 2 is 1.96 bits per heavy atom. The minimum atomic E-state index is -0.453. The van der Waals surface area contributed by atoms with Gasteiger partial charge in [0.2, 0.25) is 5.91 Å². The van der Waals surface area contributed by atoms with Gasteiger partial charge in [-0.1, -0.05) is 22.0 Å². The zero-order chi connectivity index (χ0) is 19.0. The van der Waals surface area contributed by atoms with Crippen LogP contribution in [-0.4, -0.2) is 53.2 Å². The molecule has 2 N–H and O–H groups in total. The Kier molecular flexibility index (Phi) is 5.41. The Labute approximate surface area is 168 Å². The van der Waals surface area contributed by atoms with Crippen molar-refractivity contribution >= 4 is 33.6 Å². The maximum absolute atomic E-state index is 12.9. The van der Waals surface area contributed by atoms with Crippen molar-refractivity contribution in [3.8, 4) is 0 Å². The highest BCUT2D eigenvalue weighted by atomic mass is 79.9. The fraction of sp³-hybridized carbons (Fsp3) is 0.600. The van der Waals surface area contributed by atoms with Crippen LogP contribution in [0.5, 0.6) is 0 Å². The van der Waals surface area contributed by atoms with Crippen LogP contribution in [0.3, 0.4) is 0 Å². The summed E-state index contributed by atoms with van der Waals surface area (Å²) in [6.07, 6.45) is 5.45. The van der Waals surface area contributed by atoms with Crippen LogP contribution in [0.2, 0.25) is 0 Å². The van der Waals surface area contributed by atoms with Crippen molar-refractivity contribution < 1.29 is 14.7 Å². The molecule has 2 bridgehead atoms. The molecule has 0 radical (unpaired) electrons. The lowest BCUT2D eigenvalue weighted by molar-refractivity contribution is -0.118. The number of hydrogen-bond acceptors (Lipinski definition) is 3. The summed E-state index contributed by atoms with van der Waals surface area (Å²) in [6.45, 7) is 0.837. The van der Waals surface area contributed by atoms with E-state index in [1.165, 1.54) is 0 Å². The predicted octanol–water partition coefficient (Wildman–Crippen LogP) is 2.89. The van der Waals surface area contributed by atoms with Crippen molar-refractivity contribution in [2.75, 3.05) is 18.1 Å². The quantitative estimate of drug-likeness (QED) is 0.763. The lowest BCUT2D eigenvalue weighted by Gasteiger charge is -2.39. The normalized spacial score (nSPS) is 30.1. The molecular formula is C20H26BrN3O3. The monoisotopic (exact) mass is 435 g/mol. The molecule has 3 amide bonds. The highest BCUT2D eigenvalue weighted by Gasteiger charge is 2.44. The van der Waals surface area contributed by atoms with Crippen LogP contribution in [0.15, 0.2) is 28.7 Å². The van der Waals surface area contributed by atoms with Crippen LogP contribution in [0.4, 0.5) is 10.5 Å². The molecule has 0 spiro atoms. The molecule has 1 aromatic rings. The number of aliphatic hydroxyl groups is 1. The standard InChI is InChI=1S/C20H26BrN3O3/c21-14-2-1-3-15(12-14)23-8-6-18(19(23)26)22-20(27)24-16-4-5-17(24)11-13(10-16)7-9-25/h1-3,12-13,16-18,25H,4-11H2,(H,22,27). The zero-order valence-corrected chi connectivity index (χ0v) is 16.9. The number of nitrogens with one attached hydrogen (secondary N) is 1. The fourth-order valence-electron chi connectivity index (χ4n) is 4.98. The summed E-state index contributed by atoms with van der Waals surface area (Å²) >= 11 is 3.44. The van der Waals surface area contributed by atoms with Crippen molar-refractivity contribution in [2.24, 2.45) is 5.92 Å². The largest absolute Gasteiger partial charge is 0.396 e. The van der Waals surface area contributed by atoms with Gasteiger partial charge in [-0.2, -0.15) is 0 Å². The number of urea groups is 1. The van der Waals surface area contributed by atoms with Crippen LogP contribution in [-0.2, 0) is 4.79 Å².